The molecule has 3 rings (SSSR count). The number of hydrogen-bond acceptors (Lipinski definition) is 5. The third kappa shape index (κ3) is 5.39. The third-order valence-corrected chi connectivity index (χ3v) is 4.59. The van der Waals surface area contributed by atoms with Gasteiger partial charge in [0, 0.05) is 34.5 Å². The maximum absolute atomic E-state index is 12.4. The number of non-ortho nitro benzene ring substituents is 1. The number of nitro groups is 1. The summed E-state index contributed by atoms with van der Waals surface area (Å²) in [5.41, 5.74) is 5.69. The molecule has 0 unspecified atom stereocenters. The first-order valence-electron chi connectivity index (χ1n) is 9.41. The Morgan fingerprint density at radius 2 is 1.61 bits per heavy atom. The Kier molecular flexibility index (Phi) is 6.51. The predicted molar refractivity (Wildman–Crippen MR) is 118 cm³/mol. The van der Waals surface area contributed by atoms with Gasteiger partial charge in [0.25, 0.3) is 17.5 Å². The SMILES string of the molecule is CC(=NNC(=O)c1ccc(NC(=O)c2ccccc2C)cc1)c1cccc([N+](=O)[O-])c1. The number of nitro benzene ring substituents is 1. The monoisotopic (exact) mass is 416 g/mol. The van der Waals surface area contributed by atoms with Gasteiger partial charge >= 0.3 is 0 Å². The summed E-state index contributed by atoms with van der Waals surface area (Å²) in [5, 5.41) is 17.7. The lowest BCUT2D eigenvalue weighted by atomic mass is 10.1. The van der Waals surface area contributed by atoms with E-state index in [0.29, 0.717) is 28.1 Å². The summed E-state index contributed by atoms with van der Waals surface area (Å²) in [5.74, 6) is -0.672. The van der Waals surface area contributed by atoms with Gasteiger partial charge in [-0.05, 0) is 49.7 Å². The first-order valence-corrected chi connectivity index (χ1v) is 9.41. The summed E-state index contributed by atoms with van der Waals surface area (Å²) < 4.78 is 0. The fraction of sp³-hybridized carbons (Fsp3) is 0.0870. The lowest BCUT2D eigenvalue weighted by Crippen LogP contribution is -2.19. The van der Waals surface area contributed by atoms with Crippen LogP contribution >= 0.6 is 0 Å². The van der Waals surface area contributed by atoms with Crippen molar-refractivity contribution < 1.29 is 14.5 Å². The number of hydrogen-bond donors (Lipinski definition) is 2. The van der Waals surface area contributed by atoms with Crippen LogP contribution < -0.4 is 10.7 Å². The number of carbonyl (C=O) groups is 2. The summed E-state index contributed by atoms with van der Waals surface area (Å²) in [7, 11) is 0. The molecule has 0 aliphatic rings. The quantitative estimate of drug-likeness (QED) is 0.354. The zero-order chi connectivity index (χ0) is 22.4. The maximum atomic E-state index is 12.4. The van der Waals surface area contributed by atoms with E-state index in [9.17, 15) is 19.7 Å². The number of benzene rings is 3. The van der Waals surface area contributed by atoms with Crippen LogP contribution in [0.5, 0.6) is 0 Å². The van der Waals surface area contributed by atoms with Gasteiger partial charge in [0.2, 0.25) is 0 Å². The van der Waals surface area contributed by atoms with Crippen LogP contribution in [-0.2, 0) is 0 Å². The number of carbonyl (C=O) groups excluding carboxylic acids is 2. The molecule has 3 aromatic carbocycles. The van der Waals surface area contributed by atoms with Crippen LogP contribution in [0.15, 0.2) is 77.9 Å². The highest BCUT2D eigenvalue weighted by Crippen LogP contribution is 2.15. The average molecular weight is 416 g/mol. The Hall–Kier alpha value is -4.33. The van der Waals surface area contributed by atoms with Crippen LogP contribution in [0.25, 0.3) is 0 Å². The third-order valence-electron chi connectivity index (χ3n) is 4.59. The van der Waals surface area contributed by atoms with Crippen molar-refractivity contribution in [3.05, 3.63) is 105 Å². The lowest BCUT2D eigenvalue weighted by Gasteiger charge is -2.08. The molecule has 0 fully saturated rings. The average Bonchev–Trinajstić information content (AvgIpc) is 2.78. The van der Waals surface area contributed by atoms with E-state index >= 15 is 0 Å². The summed E-state index contributed by atoms with van der Waals surface area (Å²) in [6.07, 6.45) is 0. The van der Waals surface area contributed by atoms with Crippen molar-refractivity contribution in [2.45, 2.75) is 13.8 Å². The highest BCUT2D eigenvalue weighted by molar-refractivity contribution is 6.05. The van der Waals surface area contributed by atoms with Crippen molar-refractivity contribution in [2.75, 3.05) is 5.32 Å². The molecule has 0 atom stereocenters. The van der Waals surface area contributed by atoms with Gasteiger partial charge in [-0.2, -0.15) is 5.10 Å². The van der Waals surface area contributed by atoms with E-state index in [1.165, 1.54) is 12.1 Å². The van der Waals surface area contributed by atoms with Gasteiger partial charge < -0.3 is 5.32 Å². The Labute approximate surface area is 178 Å². The molecule has 0 saturated heterocycles. The number of aryl methyl sites for hydroxylation is 1. The Bertz CT molecular complexity index is 1170. The minimum atomic E-state index is -0.491. The minimum absolute atomic E-state index is 0.0540. The normalized spacial score (nSPS) is 11.0. The van der Waals surface area contributed by atoms with Gasteiger partial charge in [-0.3, -0.25) is 19.7 Å². The second-order valence-electron chi connectivity index (χ2n) is 6.79. The van der Waals surface area contributed by atoms with Gasteiger partial charge in [-0.15, -0.1) is 0 Å². The van der Waals surface area contributed by atoms with Gasteiger partial charge in [0.1, 0.15) is 0 Å². The van der Waals surface area contributed by atoms with E-state index in [2.05, 4.69) is 15.8 Å². The summed E-state index contributed by atoms with van der Waals surface area (Å²) >= 11 is 0. The number of amides is 2. The molecule has 0 bridgehead atoms. The Morgan fingerprint density at radius 1 is 0.903 bits per heavy atom. The molecular weight excluding hydrogens is 396 g/mol. The first-order chi connectivity index (χ1) is 14.8. The molecule has 31 heavy (non-hydrogen) atoms. The van der Waals surface area contributed by atoms with E-state index < -0.39 is 10.8 Å². The van der Waals surface area contributed by atoms with Crippen LogP contribution in [0, 0.1) is 17.0 Å². The van der Waals surface area contributed by atoms with Crippen molar-refractivity contribution in [3.8, 4) is 0 Å². The van der Waals surface area contributed by atoms with E-state index in [4.69, 9.17) is 0 Å². The topological polar surface area (TPSA) is 114 Å². The van der Waals surface area contributed by atoms with E-state index in [1.54, 1.807) is 55.5 Å². The minimum Gasteiger partial charge on any atom is -0.322 e. The molecule has 8 nitrogen and oxygen atoms in total. The molecule has 0 spiro atoms. The smallest absolute Gasteiger partial charge is 0.271 e. The predicted octanol–water partition coefficient (Wildman–Crippen LogP) is 4.31. The maximum Gasteiger partial charge on any atom is 0.271 e. The van der Waals surface area contributed by atoms with Crippen LogP contribution in [0.4, 0.5) is 11.4 Å². The molecule has 2 amide bonds. The molecule has 3 aromatic rings. The Morgan fingerprint density at radius 3 is 2.29 bits per heavy atom. The highest BCUT2D eigenvalue weighted by Gasteiger charge is 2.11. The van der Waals surface area contributed by atoms with Crippen molar-refractivity contribution in [1.29, 1.82) is 0 Å². The fourth-order valence-electron chi connectivity index (χ4n) is 2.84. The molecule has 0 aliphatic heterocycles. The number of rotatable bonds is 6. The molecule has 8 heteroatoms. The number of nitrogens with one attached hydrogen (secondary N) is 2. The standard InChI is InChI=1S/C23H20N4O4/c1-15-6-3-4-9-21(15)23(29)24-19-12-10-17(11-13-19)22(28)26-25-16(2)18-7-5-8-20(14-18)27(30)31/h3-14H,1-2H3,(H,24,29)(H,26,28). The Balaban J connectivity index is 1.64. The summed E-state index contributed by atoms with van der Waals surface area (Å²) in [6, 6.07) is 19.7. The lowest BCUT2D eigenvalue weighted by molar-refractivity contribution is -0.384. The van der Waals surface area contributed by atoms with Crippen molar-refractivity contribution in [2.24, 2.45) is 5.10 Å². The second-order valence-corrected chi connectivity index (χ2v) is 6.79. The molecule has 156 valence electrons. The van der Waals surface area contributed by atoms with Gasteiger partial charge in [0.15, 0.2) is 0 Å². The van der Waals surface area contributed by atoms with E-state index in [1.807, 2.05) is 19.1 Å². The van der Waals surface area contributed by atoms with Crippen LogP contribution in [-0.4, -0.2) is 22.4 Å². The van der Waals surface area contributed by atoms with Gasteiger partial charge in [-0.25, -0.2) is 5.43 Å². The summed E-state index contributed by atoms with van der Waals surface area (Å²) in [4.78, 5) is 35.1. The summed E-state index contributed by atoms with van der Waals surface area (Å²) in [6.45, 7) is 3.50. The molecule has 0 aromatic heterocycles. The zero-order valence-corrected chi connectivity index (χ0v) is 17.0. The van der Waals surface area contributed by atoms with Gasteiger partial charge in [-0.1, -0.05) is 30.3 Å². The van der Waals surface area contributed by atoms with Gasteiger partial charge in [0.05, 0.1) is 10.6 Å². The number of anilines is 1. The van der Waals surface area contributed by atoms with E-state index in [0.717, 1.165) is 5.56 Å². The molecule has 0 aliphatic carbocycles. The zero-order valence-electron chi connectivity index (χ0n) is 17.0. The van der Waals surface area contributed by atoms with Crippen LogP contribution in [0.1, 0.15) is 38.8 Å². The molecule has 2 N–H and O–H groups in total. The van der Waals surface area contributed by atoms with Crippen LogP contribution in [0.3, 0.4) is 0 Å². The van der Waals surface area contributed by atoms with Crippen LogP contribution in [0.2, 0.25) is 0 Å². The second kappa shape index (κ2) is 9.45. The van der Waals surface area contributed by atoms with Crippen molar-refractivity contribution in [1.82, 2.24) is 5.43 Å². The molecule has 0 heterocycles. The fourth-order valence-corrected chi connectivity index (χ4v) is 2.84. The van der Waals surface area contributed by atoms with E-state index in [-0.39, 0.29) is 11.6 Å². The largest absolute Gasteiger partial charge is 0.322 e. The number of hydrazone groups is 1. The highest BCUT2D eigenvalue weighted by atomic mass is 16.6. The molecular formula is C23H20N4O4. The first kappa shape index (κ1) is 21.4. The molecule has 0 saturated carbocycles. The molecule has 0 radical (unpaired) electrons. The van der Waals surface area contributed by atoms with Crippen molar-refractivity contribution >= 4 is 28.9 Å². The number of nitrogens with zero attached hydrogens (tertiary/aromatic N) is 2. The van der Waals surface area contributed by atoms with Crippen molar-refractivity contribution in [3.63, 3.8) is 0 Å².